The smallest absolute Gasteiger partial charge is 0.237 e. The summed E-state index contributed by atoms with van der Waals surface area (Å²) in [4.78, 5) is 18.2. The molecule has 1 N–H and O–H groups in total. The van der Waals surface area contributed by atoms with Gasteiger partial charge in [-0.25, -0.2) is 9.50 Å². The minimum Gasteiger partial charge on any atom is -0.438 e. The first kappa shape index (κ1) is 19.6. The van der Waals surface area contributed by atoms with Gasteiger partial charge in [0.1, 0.15) is 11.5 Å². The van der Waals surface area contributed by atoms with Gasteiger partial charge in [0.15, 0.2) is 11.5 Å². The number of carbonyl (C=O) groups excluding carboxylic acids is 1. The standard InChI is InChI=1S/C23H25N5O3/c1-16(29)10-18-4-3-5-19(11-18)31-22-7-6-21-25-20(12-28(21)26-22)24-17(2)27-9-8-23(13-27)14-30-15-23/h3-7,11-12,24H,2,8-10,13-15H2,1H3. The van der Waals surface area contributed by atoms with Crippen molar-refractivity contribution >= 4 is 17.2 Å². The van der Waals surface area contributed by atoms with E-state index in [4.69, 9.17) is 9.47 Å². The molecule has 0 amide bonds. The summed E-state index contributed by atoms with van der Waals surface area (Å²) < 4.78 is 13.0. The van der Waals surface area contributed by atoms with Gasteiger partial charge in [-0.05, 0) is 37.1 Å². The summed E-state index contributed by atoms with van der Waals surface area (Å²) in [5.41, 5.74) is 1.92. The second kappa shape index (κ2) is 7.70. The molecule has 2 aliphatic heterocycles. The number of rotatable bonds is 7. The highest BCUT2D eigenvalue weighted by Gasteiger charge is 2.44. The SMILES string of the molecule is C=C(Nc1cn2nc(Oc3cccc(CC(C)=O)c3)ccc2n1)N1CCC2(COC2)C1. The van der Waals surface area contributed by atoms with Gasteiger partial charge in [-0.15, -0.1) is 5.10 Å². The maximum absolute atomic E-state index is 11.4. The maximum atomic E-state index is 11.4. The highest BCUT2D eigenvalue weighted by Crippen LogP contribution is 2.38. The molecule has 5 rings (SSSR count). The molecule has 1 aromatic carbocycles. The lowest BCUT2D eigenvalue weighted by molar-refractivity contribution is -0.116. The lowest BCUT2D eigenvalue weighted by Crippen LogP contribution is -2.44. The lowest BCUT2D eigenvalue weighted by Gasteiger charge is -2.38. The third kappa shape index (κ3) is 4.11. The third-order valence-electron chi connectivity index (χ3n) is 5.78. The van der Waals surface area contributed by atoms with Gasteiger partial charge in [-0.3, -0.25) is 4.79 Å². The van der Waals surface area contributed by atoms with Crippen molar-refractivity contribution in [2.24, 2.45) is 5.41 Å². The number of Topliss-reactive ketones (excluding diaryl/α,β-unsaturated/α-hetero) is 1. The van der Waals surface area contributed by atoms with E-state index in [2.05, 4.69) is 26.9 Å². The molecule has 2 fully saturated rings. The number of carbonyl (C=O) groups is 1. The van der Waals surface area contributed by atoms with Crippen molar-refractivity contribution in [2.45, 2.75) is 19.8 Å². The normalized spacial score (nSPS) is 17.0. The first-order valence-electron chi connectivity index (χ1n) is 10.4. The minimum absolute atomic E-state index is 0.113. The van der Waals surface area contributed by atoms with Crippen molar-refractivity contribution in [1.29, 1.82) is 0 Å². The van der Waals surface area contributed by atoms with Crippen molar-refractivity contribution in [3.63, 3.8) is 0 Å². The molecule has 31 heavy (non-hydrogen) atoms. The van der Waals surface area contributed by atoms with Gasteiger partial charge in [-0.2, -0.15) is 0 Å². The van der Waals surface area contributed by atoms with Gasteiger partial charge >= 0.3 is 0 Å². The van der Waals surface area contributed by atoms with Gasteiger partial charge in [0, 0.05) is 31.0 Å². The number of anilines is 1. The summed E-state index contributed by atoms with van der Waals surface area (Å²) >= 11 is 0. The van der Waals surface area contributed by atoms with Crippen molar-refractivity contribution in [3.8, 4) is 11.6 Å². The predicted molar refractivity (Wildman–Crippen MR) is 116 cm³/mol. The summed E-state index contributed by atoms with van der Waals surface area (Å²) in [6.07, 6.45) is 3.34. The molecule has 0 unspecified atom stereocenters. The Morgan fingerprint density at radius 3 is 2.94 bits per heavy atom. The van der Waals surface area contributed by atoms with E-state index in [1.54, 1.807) is 17.5 Å². The number of imidazole rings is 1. The molecule has 2 aliphatic rings. The second-order valence-corrected chi connectivity index (χ2v) is 8.46. The van der Waals surface area contributed by atoms with Crippen LogP contribution in [0.15, 0.2) is 55.0 Å². The van der Waals surface area contributed by atoms with E-state index in [0.29, 0.717) is 34.9 Å². The van der Waals surface area contributed by atoms with Crippen molar-refractivity contribution in [2.75, 3.05) is 31.6 Å². The Balaban J connectivity index is 1.27. The zero-order valence-electron chi connectivity index (χ0n) is 17.5. The van der Waals surface area contributed by atoms with E-state index < -0.39 is 0 Å². The van der Waals surface area contributed by atoms with E-state index in [0.717, 1.165) is 44.1 Å². The highest BCUT2D eigenvalue weighted by atomic mass is 16.5. The first-order chi connectivity index (χ1) is 15.0. The quantitative estimate of drug-likeness (QED) is 0.630. The fourth-order valence-corrected chi connectivity index (χ4v) is 4.13. The molecule has 8 heteroatoms. The maximum Gasteiger partial charge on any atom is 0.237 e. The first-order valence-corrected chi connectivity index (χ1v) is 10.4. The fraction of sp³-hybridized carbons (Fsp3) is 0.348. The minimum atomic E-state index is 0.113. The van der Waals surface area contributed by atoms with E-state index in [-0.39, 0.29) is 5.78 Å². The molecule has 160 valence electrons. The molecule has 0 bridgehead atoms. The van der Waals surface area contributed by atoms with Crippen LogP contribution in [-0.4, -0.2) is 51.6 Å². The monoisotopic (exact) mass is 419 g/mol. The van der Waals surface area contributed by atoms with Crippen LogP contribution in [0.5, 0.6) is 11.6 Å². The van der Waals surface area contributed by atoms with Crippen LogP contribution in [0.2, 0.25) is 0 Å². The largest absolute Gasteiger partial charge is 0.438 e. The summed E-state index contributed by atoms with van der Waals surface area (Å²) in [7, 11) is 0. The van der Waals surface area contributed by atoms with Crippen molar-refractivity contribution in [1.82, 2.24) is 19.5 Å². The molecule has 3 aromatic rings. The van der Waals surface area contributed by atoms with Crippen LogP contribution < -0.4 is 10.1 Å². The predicted octanol–water partition coefficient (Wildman–Crippen LogP) is 3.26. The molecular formula is C23H25N5O3. The number of hydrogen-bond acceptors (Lipinski definition) is 7. The van der Waals surface area contributed by atoms with Crippen LogP contribution in [0.25, 0.3) is 5.65 Å². The summed E-state index contributed by atoms with van der Waals surface area (Å²) in [6.45, 7) is 9.38. The molecule has 2 aromatic heterocycles. The number of nitrogens with one attached hydrogen (secondary N) is 1. The number of likely N-dealkylation sites (tertiary alicyclic amines) is 1. The average molecular weight is 419 g/mol. The zero-order chi connectivity index (χ0) is 21.4. The molecular weight excluding hydrogens is 394 g/mol. The summed E-state index contributed by atoms with van der Waals surface area (Å²) in [5.74, 6) is 2.72. The molecule has 2 saturated heterocycles. The highest BCUT2D eigenvalue weighted by molar-refractivity contribution is 5.78. The number of ketones is 1. The molecule has 0 saturated carbocycles. The Hall–Kier alpha value is -3.39. The van der Waals surface area contributed by atoms with Gasteiger partial charge in [0.25, 0.3) is 0 Å². The fourth-order valence-electron chi connectivity index (χ4n) is 4.13. The van der Waals surface area contributed by atoms with Crippen LogP contribution >= 0.6 is 0 Å². The van der Waals surface area contributed by atoms with Gasteiger partial charge in [0.05, 0.1) is 25.2 Å². The summed E-state index contributed by atoms with van der Waals surface area (Å²) in [5, 5.41) is 7.80. The molecule has 0 atom stereocenters. The van der Waals surface area contributed by atoms with Gasteiger partial charge < -0.3 is 19.7 Å². The van der Waals surface area contributed by atoms with Crippen LogP contribution in [0.3, 0.4) is 0 Å². The lowest BCUT2D eigenvalue weighted by atomic mass is 9.85. The average Bonchev–Trinajstić information content (AvgIpc) is 3.31. The van der Waals surface area contributed by atoms with Crippen LogP contribution in [0.4, 0.5) is 5.82 Å². The molecule has 0 aliphatic carbocycles. The van der Waals surface area contributed by atoms with Crippen molar-refractivity contribution in [3.05, 3.63) is 60.6 Å². The number of ether oxygens (including phenoxy) is 2. The number of aromatic nitrogens is 3. The molecule has 0 radical (unpaired) electrons. The van der Waals surface area contributed by atoms with E-state index in [9.17, 15) is 4.79 Å². The van der Waals surface area contributed by atoms with Crippen molar-refractivity contribution < 1.29 is 14.3 Å². The molecule has 8 nitrogen and oxygen atoms in total. The van der Waals surface area contributed by atoms with E-state index >= 15 is 0 Å². The Morgan fingerprint density at radius 2 is 2.19 bits per heavy atom. The van der Waals surface area contributed by atoms with E-state index in [1.807, 2.05) is 36.5 Å². The number of nitrogens with zero attached hydrogens (tertiary/aromatic N) is 4. The Labute approximate surface area is 180 Å². The second-order valence-electron chi connectivity index (χ2n) is 8.46. The van der Waals surface area contributed by atoms with Crippen LogP contribution in [0.1, 0.15) is 18.9 Å². The van der Waals surface area contributed by atoms with Crippen LogP contribution in [0, 0.1) is 5.41 Å². The molecule has 1 spiro atoms. The molecule has 4 heterocycles. The number of benzene rings is 1. The number of hydrogen-bond donors (Lipinski definition) is 1. The van der Waals surface area contributed by atoms with Gasteiger partial charge in [0.2, 0.25) is 5.88 Å². The topological polar surface area (TPSA) is 81.0 Å². The zero-order valence-corrected chi connectivity index (χ0v) is 17.5. The van der Waals surface area contributed by atoms with E-state index in [1.165, 1.54) is 0 Å². The third-order valence-corrected chi connectivity index (χ3v) is 5.78. The van der Waals surface area contributed by atoms with Gasteiger partial charge in [-0.1, -0.05) is 18.7 Å². The Bertz CT molecular complexity index is 1150. The summed E-state index contributed by atoms with van der Waals surface area (Å²) in [6, 6.07) is 11.1. The van der Waals surface area contributed by atoms with Crippen LogP contribution in [-0.2, 0) is 16.0 Å². The number of fused-ring (bicyclic) bond motifs is 1. The Morgan fingerprint density at radius 1 is 1.32 bits per heavy atom. The Kier molecular flexibility index (Phi) is 4.86.